The molecule has 0 aliphatic carbocycles. The minimum atomic E-state index is -0.602. The van der Waals surface area contributed by atoms with Gasteiger partial charge in [0.2, 0.25) is 0 Å². The number of imide groups is 1. The molecule has 0 fully saturated rings. The van der Waals surface area contributed by atoms with E-state index in [2.05, 4.69) is 4.90 Å². The van der Waals surface area contributed by atoms with Crippen LogP contribution in [-0.4, -0.2) is 36.4 Å². The van der Waals surface area contributed by atoms with Gasteiger partial charge in [-0.2, -0.15) is 0 Å². The Labute approximate surface area is 144 Å². The zero-order valence-corrected chi connectivity index (χ0v) is 13.6. The van der Waals surface area contributed by atoms with Gasteiger partial charge in [0, 0.05) is 19.3 Å². The fourth-order valence-electron chi connectivity index (χ4n) is 3.38. The molecule has 4 rings (SSSR count). The Hall–Kier alpha value is -3.15. The molecule has 6 nitrogen and oxygen atoms in total. The van der Waals surface area contributed by atoms with Crippen molar-refractivity contribution >= 4 is 23.5 Å². The van der Waals surface area contributed by atoms with Crippen LogP contribution in [0.3, 0.4) is 0 Å². The summed E-state index contributed by atoms with van der Waals surface area (Å²) >= 11 is 0. The van der Waals surface area contributed by atoms with Crippen molar-refractivity contribution in [2.75, 3.05) is 18.5 Å². The van der Waals surface area contributed by atoms with Crippen molar-refractivity contribution in [2.45, 2.75) is 12.3 Å². The van der Waals surface area contributed by atoms with E-state index in [0.717, 1.165) is 11.3 Å². The Morgan fingerprint density at radius 2 is 1.60 bits per heavy atom. The van der Waals surface area contributed by atoms with Crippen LogP contribution in [0.1, 0.15) is 38.6 Å². The van der Waals surface area contributed by atoms with Crippen molar-refractivity contribution < 1.29 is 19.2 Å². The van der Waals surface area contributed by atoms with Gasteiger partial charge in [0.15, 0.2) is 0 Å². The molecule has 1 unspecified atom stereocenters. The van der Waals surface area contributed by atoms with E-state index >= 15 is 0 Å². The molecule has 2 aliphatic heterocycles. The summed E-state index contributed by atoms with van der Waals surface area (Å²) in [6.45, 7) is 0.693. The number of anilines is 1. The third kappa shape index (κ3) is 2.38. The van der Waals surface area contributed by atoms with Crippen molar-refractivity contribution in [3.05, 3.63) is 65.2 Å². The van der Waals surface area contributed by atoms with Crippen molar-refractivity contribution in [1.29, 1.82) is 0 Å². The number of hydrogen-bond donors (Lipinski definition) is 0. The van der Waals surface area contributed by atoms with Crippen LogP contribution >= 0.6 is 0 Å². The minimum Gasteiger partial charge on any atom is -0.374 e. The molecular formula is C19H16N2O4. The fraction of sp³-hybridized carbons (Fsp3) is 0.211. The molecular weight excluding hydrogens is 320 g/mol. The normalized spacial score (nSPS) is 18.8. The molecule has 0 saturated carbocycles. The van der Waals surface area contributed by atoms with Gasteiger partial charge in [0.05, 0.1) is 17.0 Å². The molecule has 2 heterocycles. The standard InChI is InChI=1S/C19H16N2O4/c1-20-11-10-15(12-6-4-5-9-16(12)20)19(24)25-21-17(22)13-7-2-3-8-14(13)18(21)23/h2-9,15H,10-11H2,1H3. The average molecular weight is 336 g/mol. The van der Waals surface area contributed by atoms with Crippen LogP contribution < -0.4 is 4.90 Å². The lowest BCUT2D eigenvalue weighted by atomic mass is 9.90. The fourth-order valence-corrected chi connectivity index (χ4v) is 3.38. The highest BCUT2D eigenvalue weighted by molar-refractivity contribution is 6.20. The number of fused-ring (bicyclic) bond motifs is 2. The molecule has 2 aromatic carbocycles. The molecule has 6 heteroatoms. The van der Waals surface area contributed by atoms with Gasteiger partial charge in [0.25, 0.3) is 11.8 Å². The number of para-hydroxylation sites is 1. The van der Waals surface area contributed by atoms with Gasteiger partial charge < -0.3 is 9.74 Å². The van der Waals surface area contributed by atoms with Gasteiger partial charge in [-0.1, -0.05) is 35.4 Å². The molecule has 0 spiro atoms. The Morgan fingerprint density at radius 3 is 2.28 bits per heavy atom. The number of hydroxylamine groups is 2. The topological polar surface area (TPSA) is 66.9 Å². The molecule has 0 saturated heterocycles. The van der Waals surface area contributed by atoms with E-state index in [1.165, 1.54) is 0 Å². The second-order valence-corrected chi connectivity index (χ2v) is 6.18. The first-order valence-corrected chi connectivity index (χ1v) is 8.07. The van der Waals surface area contributed by atoms with E-state index in [4.69, 9.17) is 4.84 Å². The second-order valence-electron chi connectivity index (χ2n) is 6.18. The van der Waals surface area contributed by atoms with Crippen molar-refractivity contribution in [3.63, 3.8) is 0 Å². The zero-order chi connectivity index (χ0) is 17.6. The number of benzene rings is 2. The molecule has 2 amide bonds. The predicted molar refractivity (Wildman–Crippen MR) is 90.1 cm³/mol. The van der Waals surface area contributed by atoms with Gasteiger partial charge in [-0.05, 0) is 30.2 Å². The zero-order valence-electron chi connectivity index (χ0n) is 13.6. The SMILES string of the molecule is CN1CCC(C(=O)ON2C(=O)c3ccccc3C2=O)c2ccccc21. The maximum absolute atomic E-state index is 12.7. The van der Waals surface area contributed by atoms with Gasteiger partial charge in [0.1, 0.15) is 0 Å². The van der Waals surface area contributed by atoms with Crippen LogP contribution in [0.5, 0.6) is 0 Å². The van der Waals surface area contributed by atoms with Crippen LogP contribution in [0.25, 0.3) is 0 Å². The summed E-state index contributed by atoms with van der Waals surface area (Å²) in [6.07, 6.45) is 0.565. The van der Waals surface area contributed by atoms with Crippen LogP contribution in [0.4, 0.5) is 5.69 Å². The van der Waals surface area contributed by atoms with Crippen molar-refractivity contribution in [2.24, 2.45) is 0 Å². The smallest absolute Gasteiger partial charge is 0.340 e. The highest BCUT2D eigenvalue weighted by Gasteiger charge is 2.40. The predicted octanol–water partition coefficient (Wildman–Crippen LogP) is 2.36. The van der Waals surface area contributed by atoms with Crippen LogP contribution in [0, 0.1) is 0 Å². The Balaban J connectivity index is 1.59. The summed E-state index contributed by atoms with van der Waals surface area (Å²) in [5.74, 6) is -2.29. The quantitative estimate of drug-likeness (QED) is 0.788. The lowest BCUT2D eigenvalue weighted by Crippen LogP contribution is -2.37. The third-order valence-electron chi connectivity index (χ3n) is 4.70. The first-order valence-electron chi connectivity index (χ1n) is 8.07. The molecule has 0 radical (unpaired) electrons. The Morgan fingerprint density at radius 1 is 1.00 bits per heavy atom. The van der Waals surface area contributed by atoms with Crippen molar-refractivity contribution in [3.8, 4) is 0 Å². The van der Waals surface area contributed by atoms with E-state index in [9.17, 15) is 14.4 Å². The lowest BCUT2D eigenvalue weighted by molar-refractivity contribution is -0.170. The van der Waals surface area contributed by atoms with E-state index in [1.54, 1.807) is 24.3 Å². The van der Waals surface area contributed by atoms with Crippen LogP contribution in [0.15, 0.2) is 48.5 Å². The van der Waals surface area contributed by atoms with E-state index < -0.39 is 23.7 Å². The number of hydrogen-bond acceptors (Lipinski definition) is 5. The van der Waals surface area contributed by atoms with Gasteiger partial charge >= 0.3 is 5.97 Å². The minimum absolute atomic E-state index is 0.254. The molecule has 1 atom stereocenters. The molecule has 25 heavy (non-hydrogen) atoms. The molecule has 0 bridgehead atoms. The Bertz CT molecular complexity index is 857. The van der Waals surface area contributed by atoms with Crippen LogP contribution in [-0.2, 0) is 9.63 Å². The highest BCUT2D eigenvalue weighted by Crippen LogP contribution is 2.35. The summed E-state index contributed by atoms with van der Waals surface area (Å²) in [7, 11) is 1.96. The number of carbonyl (C=O) groups is 3. The number of nitrogens with zero attached hydrogens (tertiary/aromatic N) is 2. The summed E-state index contributed by atoms with van der Waals surface area (Å²) in [4.78, 5) is 44.7. The van der Waals surface area contributed by atoms with Crippen LogP contribution in [0.2, 0.25) is 0 Å². The van der Waals surface area contributed by atoms with Gasteiger partial charge in [-0.3, -0.25) is 9.59 Å². The summed E-state index contributed by atoms with van der Waals surface area (Å²) in [5, 5.41) is 0.577. The largest absolute Gasteiger partial charge is 0.374 e. The average Bonchev–Trinajstić information content (AvgIpc) is 2.87. The van der Waals surface area contributed by atoms with E-state index in [-0.39, 0.29) is 11.1 Å². The monoisotopic (exact) mass is 336 g/mol. The molecule has 0 N–H and O–H groups in total. The molecule has 126 valence electrons. The maximum atomic E-state index is 12.7. The van der Waals surface area contributed by atoms with E-state index in [1.807, 2.05) is 31.3 Å². The first-order chi connectivity index (χ1) is 12.1. The number of amides is 2. The highest BCUT2D eigenvalue weighted by atomic mass is 16.7. The summed E-state index contributed by atoms with van der Waals surface area (Å²) in [6, 6.07) is 14.0. The number of rotatable bonds is 2. The molecule has 2 aliphatic rings. The molecule has 2 aromatic rings. The summed E-state index contributed by atoms with van der Waals surface area (Å²) < 4.78 is 0. The maximum Gasteiger partial charge on any atom is 0.340 e. The summed E-state index contributed by atoms with van der Waals surface area (Å²) in [5.41, 5.74) is 2.31. The van der Waals surface area contributed by atoms with Gasteiger partial charge in [-0.25, -0.2) is 4.79 Å². The number of carbonyl (C=O) groups excluding carboxylic acids is 3. The van der Waals surface area contributed by atoms with E-state index in [0.29, 0.717) is 18.0 Å². The third-order valence-corrected chi connectivity index (χ3v) is 4.70. The van der Waals surface area contributed by atoms with Gasteiger partial charge in [-0.15, -0.1) is 0 Å². The van der Waals surface area contributed by atoms with Crippen molar-refractivity contribution in [1.82, 2.24) is 5.06 Å². The lowest BCUT2D eigenvalue weighted by Gasteiger charge is -2.32. The molecule has 0 aromatic heterocycles. The first kappa shape index (κ1) is 15.4. The Kier molecular flexibility index (Phi) is 3.53. The second kappa shape index (κ2) is 5.73.